The summed E-state index contributed by atoms with van der Waals surface area (Å²) in [5, 5.41) is 16.1. The number of carbonyl (C=O) groups excluding carboxylic acids is 2. The Bertz CT molecular complexity index is 2030. The molecule has 2 atom stereocenters. The molecule has 12 nitrogen and oxygen atoms in total. The van der Waals surface area contributed by atoms with Crippen LogP contribution in [-0.4, -0.2) is 85.1 Å². The van der Waals surface area contributed by atoms with Gasteiger partial charge in [-0.05, 0) is 92.4 Å². The molecule has 12 heteroatoms. The van der Waals surface area contributed by atoms with Crippen LogP contribution in [0.4, 0.5) is 0 Å². The standard InChI is InChI=1S/C40H50N6O3.3C2H6.C2H2.CH5N.2CH4O/c1-8-11-38(47)45(25(6)9-2)21-36-41-20-34(43-36)28-12-14-30-29(17-28)23-49-35-19-31-27(18-32(30)35)13-15-33-40(31)44-37(42-33)22-46(26(7)10-3)39(48)16-24(4)5;7*1-2/h12-15,17-20,24-26H,8-11,16,21-23H2,1-7H3,(H,41,43)(H,42,44);3*1-2H3;1-2H;2H2,1H3;2*2H,1H3/t25-,26-;;;;;;;/m0......./s1. The van der Waals surface area contributed by atoms with Crippen molar-refractivity contribution in [1.29, 1.82) is 0 Å². The van der Waals surface area contributed by atoms with Crippen molar-refractivity contribution >= 4 is 33.6 Å². The predicted molar refractivity (Wildman–Crippen MR) is 266 cm³/mol. The number of nitrogens with one attached hydrogen (secondary N) is 2. The number of rotatable bonds is 13. The summed E-state index contributed by atoms with van der Waals surface area (Å²) in [7, 11) is 3.50. The second kappa shape index (κ2) is 33.4. The quantitative estimate of drug-likeness (QED) is 0.0727. The van der Waals surface area contributed by atoms with Crippen LogP contribution in [0.25, 0.3) is 44.2 Å². The van der Waals surface area contributed by atoms with Gasteiger partial charge in [-0.1, -0.05) is 94.4 Å². The number of nitrogens with zero attached hydrogens (tertiary/aromatic N) is 4. The largest absolute Gasteiger partial charge is 0.488 e. The lowest BCUT2D eigenvalue weighted by molar-refractivity contribution is -0.135. The number of ether oxygens (including phenoxy) is 1. The highest BCUT2D eigenvalue weighted by atomic mass is 16.5. The first-order valence-corrected chi connectivity index (χ1v) is 22.7. The van der Waals surface area contributed by atoms with Crippen LogP contribution in [0.1, 0.15) is 139 Å². The molecule has 0 radical (unpaired) electrons. The average Bonchev–Trinajstić information content (AvgIpc) is 4.00. The molecule has 5 aromatic rings. The molecule has 352 valence electrons. The van der Waals surface area contributed by atoms with Crippen molar-refractivity contribution in [1.82, 2.24) is 29.7 Å². The normalized spacial score (nSPS) is 11.2. The van der Waals surface area contributed by atoms with Gasteiger partial charge >= 0.3 is 0 Å². The Morgan fingerprint density at radius 2 is 1.35 bits per heavy atom. The molecule has 63 heavy (non-hydrogen) atoms. The van der Waals surface area contributed by atoms with Crippen molar-refractivity contribution in [2.75, 3.05) is 21.3 Å². The molecule has 0 saturated carbocycles. The number of aromatic amines is 2. The van der Waals surface area contributed by atoms with Crippen LogP contribution in [0.5, 0.6) is 5.75 Å². The summed E-state index contributed by atoms with van der Waals surface area (Å²) >= 11 is 0. The van der Waals surface area contributed by atoms with Gasteiger partial charge in [0.15, 0.2) is 0 Å². The predicted octanol–water partition coefficient (Wildman–Crippen LogP) is 10.9. The molecule has 0 spiro atoms. The smallest absolute Gasteiger partial charge is 0.223 e. The van der Waals surface area contributed by atoms with E-state index in [2.05, 4.69) is 118 Å². The zero-order valence-corrected chi connectivity index (χ0v) is 41.6. The number of imidazole rings is 2. The fraction of sp³-hybridized carbons (Fsp3) is 0.529. The van der Waals surface area contributed by atoms with E-state index in [1.807, 2.05) is 64.5 Å². The number of benzene rings is 3. The van der Waals surface area contributed by atoms with Crippen molar-refractivity contribution in [2.45, 2.75) is 154 Å². The minimum Gasteiger partial charge on any atom is -0.488 e. The second-order valence-corrected chi connectivity index (χ2v) is 14.0. The number of fused-ring (bicyclic) bond motifs is 6. The third-order valence-electron chi connectivity index (χ3n) is 9.91. The van der Waals surface area contributed by atoms with E-state index in [1.54, 1.807) is 0 Å². The number of terminal acetylenes is 1. The number of nitrogens with two attached hydrogens (primary N) is 1. The molecular weight excluding hydrogens is 791 g/mol. The summed E-state index contributed by atoms with van der Waals surface area (Å²) in [6.45, 7) is 28.0. The van der Waals surface area contributed by atoms with Gasteiger partial charge < -0.3 is 40.5 Å². The van der Waals surface area contributed by atoms with E-state index in [1.165, 1.54) is 7.05 Å². The monoisotopic (exact) mass is 874 g/mol. The molecule has 0 bridgehead atoms. The van der Waals surface area contributed by atoms with Crippen molar-refractivity contribution in [3.63, 3.8) is 0 Å². The number of aliphatic hydroxyl groups excluding tert-OH is 2. The SMILES string of the molecule is C#C.CC.CC.CC.CCCC(=O)N(Cc1ncc(-c2ccc3c(c2)COc2cc4c(ccc5[nH]c(CN(C(=O)CC(C)C)[C@@H](C)CC)nc54)cc2-3)[nH]1)[C@@H](C)CC.CN.CO.CO. The third-order valence-corrected chi connectivity index (χ3v) is 9.91. The first kappa shape index (κ1) is 59.9. The average molecular weight is 874 g/mol. The van der Waals surface area contributed by atoms with E-state index in [0.29, 0.717) is 38.5 Å². The lowest BCUT2D eigenvalue weighted by Crippen LogP contribution is -2.38. The topological polar surface area (TPSA) is 174 Å². The molecule has 1 aliphatic rings. The maximum Gasteiger partial charge on any atom is 0.223 e. The van der Waals surface area contributed by atoms with Crippen LogP contribution in [0.3, 0.4) is 0 Å². The van der Waals surface area contributed by atoms with Gasteiger partial charge in [0.25, 0.3) is 0 Å². The molecule has 1 aliphatic heterocycles. The Labute approximate surface area is 380 Å². The van der Waals surface area contributed by atoms with E-state index in [4.69, 9.17) is 19.9 Å². The Balaban J connectivity index is 0. The Kier molecular flexibility index (Phi) is 31.7. The highest BCUT2D eigenvalue weighted by molar-refractivity contribution is 6.07. The number of amides is 2. The van der Waals surface area contributed by atoms with Crippen molar-refractivity contribution in [2.24, 2.45) is 11.7 Å². The summed E-state index contributed by atoms with van der Waals surface area (Å²) in [6.07, 6.45) is 13.6. The van der Waals surface area contributed by atoms with Gasteiger partial charge in [-0.3, -0.25) is 9.59 Å². The molecular formula is C51H83N7O5. The summed E-state index contributed by atoms with van der Waals surface area (Å²) in [5.41, 5.74) is 11.6. The van der Waals surface area contributed by atoms with Gasteiger partial charge in [0.1, 0.15) is 24.0 Å². The number of aliphatic hydroxyl groups is 2. The lowest BCUT2D eigenvalue weighted by Gasteiger charge is -2.28. The fourth-order valence-electron chi connectivity index (χ4n) is 6.74. The van der Waals surface area contributed by atoms with E-state index >= 15 is 0 Å². The number of hydrogen-bond donors (Lipinski definition) is 5. The van der Waals surface area contributed by atoms with E-state index in [9.17, 15) is 9.59 Å². The number of aromatic nitrogens is 4. The molecule has 6 N–H and O–H groups in total. The summed E-state index contributed by atoms with van der Waals surface area (Å²) in [5.74, 6) is 3.05. The van der Waals surface area contributed by atoms with Gasteiger partial charge in [0, 0.05) is 50.1 Å². The second-order valence-electron chi connectivity index (χ2n) is 14.0. The number of carbonyl (C=O) groups is 2. The van der Waals surface area contributed by atoms with Crippen LogP contribution >= 0.6 is 0 Å². The molecule has 0 unspecified atom stereocenters. The first-order valence-electron chi connectivity index (χ1n) is 22.7. The minimum absolute atomic E-state index is 0.133. The number of H-pyrrole nitrogens is 2. The zero-order chi connectivity index (χ0) is 48.8. The first-order chi connectivity index (χ1) is 30.6. The Morgan fingerprint density at radius 1 is 0.778 bits per heavy atom. The molecule has 3 aromatic carbocycles. The van der Waals surface area contributed by atoms with Gasteiger partial charge in [-0.25, -0.2) is 9.97 Å². The highest BCUT2D eigenvalue weighted by Gasteiger charge is 2.24. The van der Waals surface area contributed by atoms with Gasteiger partial charge in [-0.2, -0.15) is 0 Å². The molecule has 6 rings (SSSR count). The molecule has 2 aromatic heterocycles. The molecule has 3 heterocycles. The maximum absolute atomic E-state index is 13.1. The highest BCUT2D eigenvalue weighted by Crippen LogP contribution is 2.42. The summed E-state index contributed by atoms with van der Waals surface area (Å²) < 4.78 is 6.37. The minimum atomic E-state index is 0.133. The summed E-state index contributed by atoms with van der Waals surface area (Å²) in [6, 6.07) is 15.2. The molecule has 0 fully saturated rings. The van der Waals surface area contributed by atoms with Crippen LogP contribution in [0.2, 0.25) is 0 Å². The van der Waals surface area contributed by atoms with Crippen molar-refractivity contribution in [3.05, 3.63) is 65.9 Å². The third kappa shape index (κ3) is 16.4. The fourth-order valence-corrected chi connectivity index (χ4v) is 6.74. The van der Waals surface area contributed by atoms with E-state index in [0.717, 1.165) is 101 Å². The van der Waals surface area contributed by atoms with Gasteiger partial charge in [0.05, 0.1) is 36.0 Å². The lowest BCUT2D eigenvalue weighted by atomic mass is 9.92. The summed E-state index contributed by atoms with van der Waals surface area (Å²) in [4.78, 5) is 46.4. The zero-order valence-electron chi connectivity index (χ0n) is 41.6. The van der Waals surface area contributed by atoms with Crippen LogP contribution in [0.15, 0.2) is 48.7 Å². The molecule has 2 amide bonds. The Morgan fingerprint density at radius 3 is 1.90 bits per heavy atom. The Hall–Kier alpha value is -5.22. The van der Waals surface area contributed by atoms with Crippen LogP contribution < -0.4 is 10.5 Å². The van der Waals surface area contributed by atoms with Crippen LogP contribution in [-0.2, 0) is 29.3 Å². The van der Waals surface area contributed by atoms with Gasteiger partial charge in [-0.15, -0.1) is 12.8 Å². The molecule has 0 saturated heterocycles. The van der Waals surface area contributed by atoms with Gasteiger partial charge in [0.2, 0.25) is 11.8 Å². The van der Waals surface area contributed by atoms with Crippen LogP contribution in [0, 0.1) is 18.8 Å². The van der Waals surface area contributed by atoms with E-state index < -0.39 is 0 Å². The number of hydrogen-bond acceptors (Lipinski definition) is 8. The maximum atomic E-state index is 13.1. The van der Waals surface area contributed by atoms with E-state index in [-0.39, 0.29) is 23.9 Å². The van der Waals surface area contributed by atoms with Crippen molar-refractivity contribution in [3.8, 4) is 41.0 Å². The van der Waals surface area contributed by atoms with Crippen molar-refractivity contribution < 1.29 is 24.5 Å². The molecule has 0 aliphatic carbocycles.